The number of hydrogen-bond donors (Lipinski definition) is 0. The van der Waals surface area contributed by atoms with Gasteiger partial charge >= 0.3 is 5.97 Å². The summed E-state index contributed by atoms with van der Waals surface area (Å²) in [6.07, 6.45) is 0. The third-order valence-electron chi connectivity index (χ3n) is 4.14. The summed E-state index contributed by atoms with van der Waals surface area (Å²) < 4.78 is 18.8. The lowest BCUT2D eigenvalue weighted by atomic mass is 10.1. The van der Waals surface area contributed by atoms with Gasteiger partial charge in [0.05, 0.1) is 23.6 Å². The predicted molar refractivity (Wildman–Crippen MR) is 96.3 cm³/mol. The van der Waals surface area contributed by atoms with Gasteiger partial charge in [0, 0.05) is 19.6 Å². The summed E-state index contributed by atoms with van der Waals surface area (Å²) in [5.74, 6) is -2.13. The average molecular weight is 373 g/mol. The van der Waals surface area contributed by atoms with E-state index < -0.39 is 23.6 Å². The third-order valence-corrected chi connectivity index (χ3v) is 4.46. The van der Waals surface area contributed by atoms with Gasteiger partial charge in [-0.1, -0.05) is 38.4 Å². The first kappa shape index (κ1) is 21.4. The van der Waals surface area contributed by atoms with Crippen LogP contribution in [0.25, 0.3) is 0 Å². The van der Waals surface area contributed by atoms with E-state index in [1.54, 1.807) is 6.92 Å². The minimum absolute atomic E-state index is 0.0589. The number of hydrogen-bond acceptors (Lipinski definition) is 4. The van der Waals surface area contributed by atoms with Crippen molar-refractivity contribution in [3.8, 4) is 0 Å². The zero-order valence-electron chi connectivity index (χ0n) is 15.2. The van der Waals surface area contributed by atoms with Gasteiger partial charge in [0.2, 0.25) is 0 Å². The van der Waals surface area contributed by atoms with Crippen LogP contribution in [0.5, 0.6) is 0 Å². The molecule has 1 unspecified atom stereocenters. The fourth-order valence-electron chi connectivity index (χ4n) is 2.54. The number of esters is 1. The number of nitrogens with zero attached hydrogens (tertiary/aromatic N) is 2. The Morgan fingerprint density at radius 2 is 1.88 bits per heavy atom. The van der Waals surface area contributed by atoms with Gasteiger partial charge in [0.15, 0.2) is 0 Å². The molecule has 0 fully saturated rings. The van der Waals surface area contributed by atoms with Crippen molar-refractivity contribution in [1.82, 2.24) is 9.80 Å². The molecular formula is C18H26ClFN2O3. The molecule has 1 aromatic carbocycles. The highest BCUT2D eigenvalue weighted by Gasteiger charge is 2.26. The second-order valence-electron chi connectivity index (χ2n) is 5.80. The molecule has 0 aliphatic rings. The summed E-state index contributed by atoms with van der Waals surface area (Å²) in [7, 11) is 1.30. The molecule has 1 aromatic rings. The molecule has 0 saturated heterocycles. The van der Waals surface area contributed by atoms with E-state index in [9.17, 15) is 14.0 Å². The van der Waals surface area contributed by atoms with Gasteiger partial charge < -0.3 is 14.5 Å². The monoisotopic (exact) mass is 372 g/mol. The van der Waals surface area contributed by atoms with Crippen LogP contribution < -0.4 is 0 Å². The minimum atomic E-state index is -0.670. The van der Waals surface area contributed by atoms with Gasteiger partial charge in [0.25, 0.3) is 5.91 Å². The summed E-state index contributed by atoms with van der Waals surface area (Å²) in [5.41, 5.74) is -0.166. The highest BCUT2D eigenvalue weighted by atomic mass is 35.5. The molecule has 7 heteroatoms. The van der Waals surface area contributed by atoms with Gasteiger partial charge in [-0.25, -0.2) is 4.39 Å². The summed E-state index contributed by atoms with van der Waals surface area (Å²) in [4.78, 5) is 28.2. The van der Waals surface area contributed by atoms with Crippen molar-refractivity contribution in [2.45, 2.75) is 20.8 Å². The first-order valence-electron chi connectivity index (χ1n) is 8.39. The van der Waals surface area contributed by atoms with Crippen LogP contribution in [0.3, 0.4) is 0 Å². The van der Waals surface area contributed by atoms with Gasteiger partial charge in [0.1, 0.15) is 5.82 Å². The molecular weight excluding hydrogens is 347 g/mol. The van der Waals surface area contributed by atoms with Crippen molar-refractivity contribution in [2.24, 2.45) is 5.92 Å². The molecule has 0 N–H and O–H groups in total. The average Bonchev–Trinajstić information content (AvgIpc) is 2.60. The molecule has 0 aromatic heterocycles. The normalized spacial score (nSPS) is 12.1. The lowest BCUT2D eigenvalue weighted by molar-refractivity contribution is -0.145. The van der Waals surface area contributed by atoms with Crippen molar-refractivity contribution < 1.29 is 18.7 Å². The number of amides is 1. The van der Waals surface area contributed by atoms with Gasteiger partial charge in [-0.15, -0.1) is 0 Å². The van der Waals surface area contributed by atoms with Crippen LogP contribution >= 0.6 is 11.6 Å². The number of halogens is 2. The van der Waals surface area contributed by atoms with Crippen molar-refractivity contribution in [2.75, 3.05) is 39.8 Å². The summed E-state index contributed by atoms with van der Waals surface area (Å²) in [5, 5.41) is 0.0589. The van der Waals surface area contributed by atoms with E-state index in [2.05, 4.69) is 4.90 Å². The number of rotatable bonds is 9. The molecule has 1 atom stereocenters. The topological polar surface area (TPSA) is 49.9 Å². The van der Waals surface area contributed by atoms with Crippen LogP contribution in [0.15, 0.2) is 18.2 Å². The van der Waals surface area contributed by atoms with Gasteiger partial charge in [-0.2, -0.15) is 0 Å². The summed E-state index contributed by atoms with van der Waals surface area (Å²) in [6, 6.07) is 4.13. The van der Waals surface area contributed by atoms with Crippen LogP contribution in [0, 0.1) is 11.7 Å². The molecule has 0 aliphatic carbocycles. The Bertz CT molecular complexity index is 573. The highest BCUT2D eigenvalue weighted by Crippen LogP contribution is 2.21. The quantitative estimate of drug-likeness (QED) is 0.625. The zero-order valence-corrected chi connectivity index (χ0v) is 16.0. The number of benzene rings is 1. The lowest BCUT2D eigenvalue weighted by Crippen LogP contribution is -2.42. The first-order chi connectivity index (χ1) is 11.8. The minimum Gasteiger partial charge on any atom is -0.469 e. The number of carbonyl (C=O) groups excluding carboxylic acids is 2. The molecule has 0 heterocycles. The zero-order chi connectivity index (χ0) is 19.0. The van der Waals surface area contributed by atoms with Crippen molar-refractivity contribution >= 4 is 23.5 Å². The molecule has 140 valence electrons. The van der Waals surface area contributed by atoms with Crippen molar-refractivity contribution in [3.63, 3.8) is 0 Å². The fourth-order valence-corrected chi connectivity index (χ4v) is 2.79. The van der Waals surface area contributed by atoms with E-state index in [1.807, 2.05) is 13.8 Å². The van der Waals surface area contributed by atoms with E-state index in [0.717, 1.165) is 13.1 Å². The highest BCUT2D eigenvalue weighted by molar-refractivity contribution is 6.33. The molecule has 0 saturated carbocycles. The maximum Gasteiger partial charge on any atom is 0.310 e. The summed E-state index contributed by atoms with van der Waals surface area (Å²) >= 11 is 6.02. The Morgan fingerprint density at radius 1 is 1.24 bits per heavy atom. The van der Waals surface area contributed by atoms with E-state index in [1.165, 1.54) is 30.2 Å². The molecule has 1 rings (SSSR count). The molecule has 0 spiro atoms. The van der Waals surface area contributed by atoms with E-state index in [4.69, 9.17) is 16.3 Å². The Hall–Kier alpha value is -1.66. The largest absolute Gasteiger partial charge is 0.469 e. The second-order valence-corrected chi connectivity index (χ2v) is 6.21. The number of methoxy groups -OCH3 is 1. The van der Waals surface area contributed by atoms with Crippen LogP contribution in [0.4, 0.5) is 4.39 Å². The van der Waals surface area contributed by atoms with E-state index in [-0.39, 0.29) is 17.1 Å². The molecule has 5 nitrogen and oxygen atoms in total. The smallest absolute Gasteiger partial charge is 0.310 e. The fraction of sp³-hybridized carbons (Fsp3) is 0.556. The van der Waals surface area contributed by atoms with Crippen molar-refractivity contribution in [3.05, 3.63) is 34.6 Å². The van der Waals surface area contributed by atoms with Gasteiger partial charge in [-0.3, -0.25) is 9.59 Å². The second kappa shape index (κ2) is 10.4. The SMILES string of the molecule is CCN(CC)CCN(CC(C)C(=O)OC)C(=O)c1c(F)cccc1Cl. The first-order valence-corrected chi connectivity index (χ1v) is 8.76. The molecule has 1 amide bonds. The Kier molecular flexibility index (Phi) is 8.86. The molecule has 25 heavy (non-hydrogen) atoms. The predicted octanol–water partition coefficient (Wildman–Crippen LogP) is 3.07. The van der Waals surface area contributed by atoms with E-state index in [0.29, 0.717) is 13.1 Å². The molecule has 0 bridgehead atoms. The summed E-state index contributed by atoms with van der Waals surface area (Å²) in [6.45, 7) is 8.53. The van der Waals surface area contributed by atoms with E-state index >= 15 is 0 Å². The number of likely N-dealkylation sites (N-methyl/N-ethyl adjacent to an activating group) is 1. The Balaban J connectivity index is 3.03. The maximum atomic E-state index is 14.1. The number of ether oxygens (including phenoxy) is 1. The Morgan fingerprint density at radius 3 is 2.40 bits per heavy atom. The maximum absolute atomic E-state index is 14.1. The van der Waals surface area contributed by atoms with Crippen LogP contribution in [0.2, 0.25) is 5.02 Å². The van der Waals surface area contributed by atoms with Crippen LogP contribution in [-0.4, -0.2) is 61.5 Å². The molecule has 0 aliphatic heterocycles. The standard InChI is InChI=1S/C18H26ClFN2O3/c1-5-21(6-2)10-11-22(12-13(3)18(24)25-4)17(23)16-14(19)8-7-9-15(16)20/h7-9,13H,5-6,10-12H2,1-4H3. The Labute approximate surface area is 153 Å². The van der Waals surface area contributed by atoms with Crippen LogP contribution in [-0.2, 0) is 9.53 Å². The molecule has 0 radical (unpaired) electrons. The lowest BCUT2D eigenvalue weighted by Gasteiger charge is -2.28. The number of carbonyl (C=O) groups is 2. The van der Waals surface area contributed by atoms with Crippen LogP contribution in [0.1, 0.15) is 31.1 Å². The third kappa shape index (κ3) is 5.97. The van der Waals surface area contributed by atoms with Crippen molar-refractivity contribution in [1.29, 1.82) is 0 Å². The van der Waals surface area contributed by atoms with Gasteiger partial charge in [-0.05, 0) is 25.2 Å².